The molecular weight excluding hydrogens is 577 g/mol. The van der Waals surface area contributed by atoms with Crippen molar-refractivity contribution < 1.29 is 9.59 Å². The number of hydrogen-bond acceptors (Lipinski definition) is 5. The fourth-order valence-corrected chi connectivity index (χ4v) is 7.06. The van der Waals surface area contributed by atoms with Crippen molar-refractivity contribution in [2.24, 2.45) is 0 Å². The van der Waals surface area contributed by atoms with E-state index < -0.39 is 0 Å². The molecule has 0 atom stereocenters. The van der Waals surface area contributed by atoms with Gasteiger partial charge in [-0.2, -0.15) is 0 Å². The van der Waals surface area contributed by atoms with Crippen LogP contribution in [0.5, 0.6) is 0 Å². The van der Waals surface area contributed by atoms with E-state index in [1.807, 2.05) is 71.6 Å². The molecule has 0 bridgehead atoms. The van der Waals surface area contributed by atoms with Crippen LogP contribution in [0.2, 0.25) is 0 Å². The van der Waals surface area contributed by atoms with Gasteiger partial charge in [0.15, 0.2) is 0 Å². The van der Waals surface area contributed by atoms with Gasteiger partial charge in [0.05, 0.1) is 17.1 Å². The number of nitrogens with zero attached hydrogens (tertiary/aromatic N) is 3. The Bertz CT molecular complexity index is 1730. The van der Waals surface area contributed by atoms with E-state index in [-0.39, 0.29) is 11.8 Å². The van der Waals surface area contributed by atoms with E-state index in [2.05, 4.69) is 66.2 Å². The summed E-state index contributed by atoms with van der Waals surface area (Å²) in [5, 5.41) is 3.12. The van der Waals surface area contributed by atoms with Gasteiger partial charge in [-0.15, -0.1) is 0 Å². The van der Waals surface area contributed by atoms with E-state index in [0.717, 1.165) is 60.0 Å². The number of piperazine rings is 1. The van der Waals surface area contributed by atoms with Gasteiger partial charge >= 0.3 is 0 Å². The first-order valence-electron chi connectivity index (χ1n) is 15.6. The van der Waals surface area contributed by atoms with Crippen LogP contribution < -0.4 is 15.1 Å². The van der Waals surface area contributed by atoms with Gasteiger partial charge in [0.2, 0.25) is 0 Å². The Morgan fingerprint density at radius 3 is 2.40 bits per heavy atom. The molecule has 0 aliphatic carbocycles. The molecule has 6 nitrogen and oxygen atoms in total. The minimum atomic E-state index is -0.120. The van der Waals surface area contributed by atoms with Crippen LogP contribution in [0, 0.1) is 20.8 Å². The molecule has 0 saturated carbocycles. The van der Waals surface area contributed by atoms with Gasteiger partial charge in [0, 0.05) is 55.4 Å². The summed E-state index contributed by atoms with van der Waals surface area (Å²) in [7, 11) is 0. The highest BCUT2D eigenvalue weighted by atomic mass is 32.2. The monoisotopic (exact) mass is 616 g/mol. The van der Waals surface area contributed by atoms with E-state index >= 15 is 0 Å². The molecule has 0 radical (unpaired) electrons. The zero-order valence-electron chi connectivity index (χ0n) is 26.3. The molecule has 2 amide bonds. The second-order valence-corrected chi connectivity index (χ2v) is 13.0. The second-order valence-electron chi connectivity index (χ2n) is 11.9. The highest BCUT2D eigenvalue weighted by Gasteiger charge is 2.30. The lowest BCUT2D eigenvalue weighted by molar-refractivity contribution is -0.114. The van der Waals surface area contributed by atoms with E-state index in [4.69, 9.17) is 0 Å². The molecule has 4 aromatic carbocycles. The van der Waals surface area contributed by atoms with Crippen LogP contribution in [0.4, 0.5) is 11.4 Å². The normalized spacial score (nSPS) is 16.2. The number of amides is 2. The largest absolute Gasteiger partial charge is 0.369 e. The smallest absolute Gasteiger partial charge is 0.265 e. The van der Waals surface area contributed by atoms with Crippen LogP contribution >= 0.6 is 11.8 Å². The van der Waals surface area contributed by atoms with E-state index in [9.17, 15) is 9.59 Å². The van der Waals surface area contributed by atoms with E-state index in [1.54, 1.807) is 0 Å². The molecule has 230 valence electrons. The molecule has 1 fully saturated rings. The number of anilines is 2. The van der Waals surface area contributed by atoms with E-state index in [1.165, 1.54) is 28.6 Å². The van der Waals surface area contributed by atoms with Crippen molar-refractivity contribution in [2.45, 2.75) is 32.2 Å². The Hall–Kier alpha value is -4.33. The SMILES string of the molecule is Cc1cccc(CN2C(=O)C(=Cc3ccccc3)Sc3ccc(C(=O)NCCN4CCN(c5cccc(C)c5C)CC4)cc32)c1. The Labute approximate surface area is 270 Å². The summed E-state index contributed by atoms with van der Waals surface area (Å²) in [6, 6.07) is 30.4. The summed E-state index contributed by atoms with van der Waals surface area (Å²) < 4.78 is 0. The highest BCUT2D eigenvalue weighted by molar-refractivity contribution is 8.04. The summed E-state index contributed by atoms with van der Waals surface area (Å²) in [5.74, 6) is -0.180. The van der Waals surface area contributed by atoms with Gasteiger partial charge in [-0.25, -0.2) is 0 Å². The lowest BCUT2D eigenvalue weighted by Crippen LogP contribution is -2.48. The average molecular weight is 617 g/mol. The number of carbonyl (C=O) groups is 2. The first-order valence-corrected chi connectivity index (χ1v) is 16.4. The zero-order chi connectivity index (χ0) is 31.3. The predicted molar refractivity (Wildman–Crippen MR) is 186 cm³/mol. The van der Waals surface area contributed by atoms with Crippen molar-refractivity contribution in [1.29, 1.82) is 0 Å². The van der Waals surface area contributed by atoms with Crippen molar-refractivity contribution >= 4 is 41.0 Å². The summed E-state index contributed by atoms with van der Waals surface area (Å²) in [5.41, 5.74) is 8.51. The number of aryl methyl sites for hydroxylation is 2. The van der Waals surface area contributed by atoms with Crippen molar-refractivity contribution in [3.05, 3.63) is 129 Å². The summed E-state index contributed by atoms with van der Waals surface area (Å²) >= 11 is 1.46. The van der Waals surface area contributed by atoms with Crippen molar-refractivity contribution in [3.8, 4) is 0 Å². The number of nitrogens with one attached hydrogen (secondary N) is 1. The number of carbonyl (C=O) groups excluding carboxylic acids is 2. The van der Waals surface area contributed by atoms with Gasteiger partial charge < -0.3 is 15.1 Å². The van der Waals surface area contributed by atoms with Crippen molar-refractivity contribution in [1.82, 2.24) is 10.2 Å². The Morgan fingerprint density at radius 1 is 0.844 bits per heavy atom. The van der Waals surface area contributed by atoms with Gasteiger partial charge in [0.1, 0.15) is 0 Å². The van der Waals surface area contributed by atoms with Crippen LogP contribution in [-0.2, 0) is 11.3 Å². The molecule has 2 aliphatic heterocycles. The molecule has 2 aliphatic rings. The molecule has 6 rings (SSSR count). The van der Waals surface area contributed by atoms with Crippen LogP contribution in [0.15, 0.2) is 101 Å². The first kappa shape index (κ1) is 30.7. The maximum Gasteiger partial charge on any atom is 0.265 e. The maximum atomic E-state index is 13.9. The fourth-order valence-electron chi connectivity index (χ4n) is 6.02. The minimum absolute atomic E-state index is 0.0598. The minimum Gasteiger partial charge on any atom is -0.369 e. The molecule has 0 aromatic heterocycles. The van der Waals surface area contributed by atoms with Crippen LogP contribution in [0.1, 0.15) is 38.2 Å². The van der Waals surface area contributed by atoms with Crippen LogP contribution in [0.3, 0.4) is 0 Å². The fraction of sp³-hybridized carbons (Fsp3) is 0.263. The van der Waals surface area contributed by atoms with Gasteiger partial charge in [-0.3, -0.25) is 14.5 Å². The topological polar surface area (TPSA) is 55.9 Å². The standard InChI is InChI=1S/C38H40N4O2S/c1-27-9-7-13-31(23-27)26-42-34-25-32(15-16-35(34)45-36(38(42)44)24-30-11-5-4-6-12-30)37(43)39-17-18-40-19-21-41(22-20-40)33-14-8-10-28(2)29(33)3/h4-16,23-25H,17-22,26H2,1-3H3,(H,39,43). The summed E-state index contributed by atoms with van der Waals surface area (Å²) in [4.78, 5) is 35.5. The summed E-state index contributed by atoms with van der Waals surface area (Å²) in [6.45, 7) is 12.1. The quantitative estimate of drug-likeness (QED) is 0.220. The molecule has 7 heteroatoms. The number of rotatable bonds is 8. The second kappa shape index (κ2) is 13.8. The predicted octanol–water partition coefficient (Wildman–Crippen LogP) is 6.84. The third kappa shape index (κ3) is 7.16. The Balaban J connectivity index is 1.13. The molecule has 0 spiro atoms. The number of fused-ring (bicyclic) bond motifs is 1. The molecule has 45 heavy (non-hydrogen) atoms. The van der Waals surface area contributed by atoms with Crippen LogP contribution in [-0.4, -0.2) is 56.0 Å². The van der Waals surface area contributed by atoms with Crippen molar-refractivity contribution in [3.63, 3.8) is 0 Å². The van der Waals surface area contributed by atoms with Gasteiger partial charge in [-0.05, 0) is 73.4 Å². The first-order chi connectivity index (χ1) is 21.9. The van der Waals surface area contributed by atoms with Gasteiger partial charge in [-0.1, -0.05) is 84.1 Å². The average Bonchev–Trinajstić information content (AvgIpc) is 3.05. The molecule has 2 heterocycles. The molecule has 1 N–H and O–H groups in total. The maximum absolute atomic E-state index is 13.9. The Kier molecular flexibility index (Phi) is 9.38. The third-order valence-corrected chi connectivity index (χ3v) is 9.79. The zero-order valence-corrected chi connectivity index (χ0v) is 27.1. The molecular formula is C38H40N4O2S. The third-order valence-electron chi connectivity index (χ3n) is 8.71. The van der Waals surface area contributed by atoms with E-state index in [0.29, 0.717) is 23.6 Å². The number of benzene rings is 4. The number of hydrogen-bond donors (Lipinski definition) is 1. The van der Waals surface area contributed by atoms with Crippen LogP contribution in [0.25, 0.3) is 6.08 Å². The molecule has 4 aromatic rings. The highest BCUT2D eigenvalue weighted by Crippen LogP contribution is 2.43. The van der Waals surface area contributed by atoms with Crippen molar-refractivity contribution in [2.75, 3.05) is 49.1 Å². The number of thioether (sulfide) groups is 1. The molecule has 1 saturated heterocycles. The molecule has 0 unspecified atom stereocenters. The summed E-state index contributed by atoms with van der Waals surface area (Å²) in [6.07, 6.45) is 1.95. The lowest BCUT2D eigenvalue weighted by atomic mass is 10.1. The lowest BCUT2D eigenvalue weighted by Gasteiger charge is -2.37. The van der Waals surface area contributed by atoms with Gasteiger partial charge in [0.25, 0.3) is 11.8 Å². The Morgan fingerprint density at radius 2 is 1.62 bits per heavy atom.